The van der Waals surface area contributed by atoms with Crippen LogP contribution in [0.2, 0.25) is 15.1 Å². The molecule has 4 rings (SSSR count). The molecule has 1 fully saturated rings. The quantitative estimate of drug-likeness (QED) is 0.261. The van der Waals surface area contributed by atoms with Crippen molar-refractivity contribution in [3.63, 3.8) is 0 Å². The van der Waals surface area contributed by atoms with Crippen LogP contribution in [0.1, 0.15) is 38.2 Å². The molecule has 0 spiro atoms. The van der Waals surface area contributed by atoms with Crippen molar-refractivity contribution in [3.05, 3.63) is 87.4 Å². The van der Waals surface area contributed by atoms with E-state index in [9.17, 15) is 18.0 Å². The van der Waals surface area contributed by atoms with Gasteiger partial charge in [-0.05, 0) is 62.2 Å². The van der Waals surface area contributed by atoms with Crippen LogP contribution in [0.15, 0.2) is 71.6 Å². The van der Waals surface area contributed by atoms with Crippen molar-refractivity contribution in [1.29, 1.82) is 0 Å². The SMILES string of the molecule is COc1ccc(N(CC(=O)N(Cc2c(Cl)cccc2Cl)[C@@H](C)C(=O)NC2CCCC2)S(=O)(=O)c2ccccc2)cc1Cl. The summed E-state index contributed by atoms with van der Waals surface area (Å²) in [5, 5.41) is 3.83. The Hall–Kier alpha value is -2.98. The van der Waals surface area contributed by atoms with Crippen LogP contribution < -0.4 is 14.4 Å². The second kappa shape index (κ2) is 14.0. The molecule has 42 heavy (non-hydrogen) atoms. The van der Waals surface area contributed by atoms with Gasteiger partial charge in [0, 0.05) is 28.2 Å². The van der Waals surface area contributed by atoms with Crippen LogP contribution in [0.3, 0.4) is 0 Å². The summed E-state index contributed by atoms with van der Waals surface area (Å²) in [7, 11) is -2.80. The number of carbonyl (C=O) groups excluding carboxylic acids is 2. The number of sulfonamides is 1. The Kier molecular flexibility index (Phi) is 10.6. The standard InChI is InChI=1S/C30H32Cl3N3O5S/c1-20(30(38)34-21-9-6-7-10-21)35(18-24-25(31)13-8-14-26(24)32)29(37)19-36(22-15-16-28(41-2)27(33)17-22)42(39,40)23-11-4-3-5-12-23/h3-5,8,11-17,20-21H,6-7,9-10,18-19H2,1-2H3,(H,34,38)/t20-/m0/s1. The Labute approximate surface area is 261 Å². The number of methoxy groups -OCH3 is 1. The summed E-state index contributed by atoms with van der Waals surface area (Å²) in [5.41, 5.74) is 0.594. The van der Waals surface area contributed by atoms with E-state index in [0.29, 0.717) is 21.4 Å². The third kappa shape index (κ3) is 7.32. The van der Waals surface area contributed by atoms with E-state index in [1.165, 1.54) is 42.3 Å². The second-order valence-electron chi connectivity index (χ2n) is 10.0. The molecule has 3 aromatic rings. The number of amides is 2. The van der Waals surface area contributed by atoms with Crippen molar-refractivity contribution < 1.29 is 22.7 Å². The first-order valence-corrected chi connectivity index (χ1v) is 16.0. The number of nitrogens with zero attached hydrogens (tertiary/aromatic N) is 2. The summed E-state index contributed by atoms with van der Waals surface area (Å²) in [6, 6.07) is 16.2. The van der Waals surface area contributed by atoms with E-state index in [1.807, 2.05) is 0 Å². The molecule has 3 aromatic carbocycles. The van der Waals surface area contributed by atoms with E-state index in [4.69, 9.17) is 39.5 Å². The van der Waals surface area contributed by atoms with Crippen LogP contribution in [0.4, 0.5) is 5.69 Å². The molecule has 0 heterocycles. The van der Waals surface area contributed by atoms with Crippen molar-refractivity contribution in [3.8, 4) is 5.75 Å². The van der Waals surface area contributed by atoms with Gasteiger partial charge in [0.15, 0.2) is 0 Å². The molecule has 1 aliphatic rings. The van der Waals surface area contributed by atoms with Gasteiger partial charge in [0.05, 0.1) is 22.7 Å². The number of carbonyl (C=O) groups is 2. The van der Waals surface area contributed by atoms with E-state index in [-0.39, 0.29) is 34.1 Å². The van der Waals surface area contributed by atoms with Crippen LogP contribution in [-0.2, 0) is 26.2 Å². The van der Waals surface area contributed by atoms with Gasteiger partial charge in [-0.1, -0.05) is 71.9 Å². The number of anilines is 1. The predicted molar refractivity (Wildman–Crippen MR) is 166 cm³/mol. The Bertz CT molecular complexity index is 1510. The van der Waals surface area contributed by atoms with Crippen molar-refractivity contribution >= 4 is 62.3 Å². The highest BCUT2D eigenvalue weighted by molar-refractivity contribution is 7.92. The van der Waals surface area contributed by atoms with Crippen molar-refractivity contribution in [2.75, 3.05) is 18.0 Å². The fourth-order valence-electron chi connectivity index (χ4n) is 4.89. The summed E-state index contributed by atoms with van der Waals surface area (Å²) in [6.45, 7) is 0.870. The number of nitrogens with one attached hydrogen (secondary N) is 1. The summed E-state index contributed by atoms with van der Waals surface area (Å²) in [4.78, 5) is 28.8. The molecule has 2 amide bonds. The Balaban J connectivity index is 1.73. The molecule has 1 aliphatic carbocycles. The first-order chi connectivity index (χ1) is 20.0. The highest BCUT2D eigenvalue weighted by atomic mass is 35.5. The lowest BCUT2D eigenvalue weighted by Gasteiger charge is -2.33. The van der Waals surface area contributed by atoms with Crippen LogP contribution in [0.25, 0.3) is 0 Å². The number of hydrogen-bond donors (Lipinski definition) is 1. The molecule has 1 atom stereocenters. The normalized spacial score (nSPS) is 14.3. The summed E-state index contributed by atoms with van der Waals surface area (Å²) >= 11 is 19.2. The monoisotopic (exact) mass is 651 g/mol. The molecule has 224 valence electrons. The van der Waals surface area contributed by atoms with E-state index >= 15 is 0 Å². The minimum Gasteiger partial charge on any atom is -0.495 e. The topological polar surface area (TPSA) is 96.0 Å². The lowest BCUT2D eigenvalue weighted by Crippen LogP contribution is -2.52. The predicted octanol–water partition coefficient (Wildman–Crippen LogP) is 6.33. The minimum absolute atomic E-state index is 0.0162. The van der Waals surface area contributed by atoms with Gasteiger partial charge in [0.2, 0.25) is 11.8 Å². The molecule has 0 unspecified atom stereocenters. The Morgan fingerprint density at radius 3 is 2.19 bits per heavy atom. The van der Waals surface area contributed by atoms with E-state index < -0.39 is 28.5 Å². The largest absolute Gasteiger partial charge is 0.495 e. The zero-order valence-corrected chi connectivity index (χ0v) is 26.3. The Morgan fingerprint density at radius 1 is 0.952 bits per heavy atom. The average Bonchev–Trinajstić information content (AvgIpc) is 3.48. The molecule has 0 aliphatic heterocycles. The van der Waals surface area contributed by atoms with Crippen LogP contribution in [0, 0.1) is 0 Å². The Morgan fingerprint density at radius 2 is 1.60 bits per heavy atom. The molecule has 12 heteroatoms. The third-order valence-corrected chi connectivity index (χ3v) is 10.1. The van der Waals surface area contributed by atoms with Crippen LogP contribution >= 0.6 is 34.8 Å². The molecule has 0 radical (unpaired) electrons. The summed E-state index contributed by atoms with van der Waals surface area (Å²) in [6.07, 6.45) is 3.77. The third-order valence-electron chi connectivity index (χ3n) is 7.29. The van der Waals surface area contributed by atoms with Gasteiger partial charge in [-0.25, -0.2) is 8.42 Å². The molecule has 8 nitrogen and oxygen atoms in total. The van der Waals surface area contributed by atoms with Gasteiger partial charge in [-0.15, -0.1) is 0 Å². The van der Waals surface area contributed by atoms with Gasteiger partial charge in [0.1, 0.15) is 18.3 Å². The molecule has 0 saturated heterocycles. The first kappa shape index (κ1) is 31.9. The minimum atomic E-state index is -4.24. The number of hydrogen-bond acceptors (Lipinski definition) is 5. The van der Waals surface area contributed by atoms with Crippen LogP contribution in [0.5, 0.6) is 5.75 Å². The molecule has 0 aromatic heterocycles. The van der Waals surface area contributed by atoms with Gasteiger partial charge in [0.25, 0.3) is 10.0 Å². The van der Waals surface area contributed by atoms with Gasteiger partial charge in [-0.3, -0.25) is 13.9 Å². The number of ether oxygens (including phenoxy) is 1. The number of rotatable bonds is 11. The van der Waals surface area contributed by atoms with Crippen molar-refractivity contribution in [2.24, 2.45) is 0 Å². The smallest absolute Gasteiger partial charge is 0.264 e. The molecule has 0 bridgehead atoms. The van der Waals surface area contributed by atoms with Crippen molar-refractivity contribution in [2.45, 2.75) is 56.1 Å². The molecule has 1 saturated carbocycles. The molecular formula is C30H32Cl3N3O5S. The lowest BCUT2D eigenvalue weighted by atomic mass is 10.1. The first-order valence-electron chi connectivity index (χ1n) is 13.5. The maximum Gasteiger partial charge on any atom is 0.264 e. The fraction of sp³-hybridized carbons (Fsp3) is 0.333. The molecular weight excluding hydrogens is 621 g/mol. The number of benzene rings is 3. The van der Waals surface area contributed by atoms with Gasteiger partial charge in [-0.2, -0.15) is 0 Å². The maximum absolute atomic E-state index is 14.1. The van der Waals surface area contributed by atoms with Gasteiger partial charge < -0.3 is 15.0 Å². The highest BCUT2D eigenvalue weighted by Gasteiger charge is 2.34. The van der Waals surface area contributed by atoms with E-state index in [1.54, 1.807) is 43.3 Å². The summed E-state index contributed by atoms with van der Waals surface area (Å²) in [5.74, 6) is -0.633. The number of halogens is 3. The summed E-state index contributed by atoms with van der Waals surface area (Å²) < 4.78 is 34.0. The fourth-order valence-corrected chi connectivity index (χ4v) is 7.08. The van der Waals surface area contributed by atoms with E-state index in [2.05, 4.69) is 5.32 Å². The van der Waals surface area contributed by atoms with Crippen LogP contribution in [-0.4, -0.2) is 50.9 Å². The maximum atomic E-state index is 14.1. The average molecular weight is 653 g/mol. The zero-order chi connectivity index (χ0) is 30.4. The van der Waals surface area contributed by atoms with Gasteiger partial charge >= 0.3 is 0 Å². The lowest BCUT2D eigenvalue weighted by molar-refractivity contribution is -0.139. The highest BCUT2D eigenvalue weighted by Crippen LogP contribution is 2.33. The second-order valence-corrected chi connectivity index (χ2v) is 13.1. The van der Waals surface area contributed by atoms with E-state index in [0.717, 1.165) is 30.0 Å². The zero-order valence-electron chi connectivity index (χ0n) is 23.2. The van der Waals surface area contributed by atoms with Crippen molar-refractivity contribution in [1.82, 2.24) is 10.2 Å². The molecule has 1 N–H and O–H groups in total.